The second-order valence-electron chi connectivity index (χ2n) is 5.79. The van der Waals surface area contributed by atoms with Crippen LogP contribution in [-0.2, 0) is 11.3 Å². The molecule has 0 amide bonds. The fraction of sp³-hybridized carbons (Fsp3) is 0.250. The van der Waals surface area contributed by atoms with Crippen LogP contribution in [0.1, 0.15) is 12.5 Å². The highest BCUT2D eigenvalue weighted by molar-refractivity contribution is 5.60. The van der Waals surface area contributed by atoms with E-state index in [0.717, 1.165) is 28.5 Å². The monoisotopic (exact) mass is 338 g/mol. The third-order valence-corrected chi connectivity index (χ3v) is 3.64. The first-order chi connectivity index (χ1) is 12.2. The van der Waals surface area contributed by atoms with E-state index < -0.39 is 0 Å². The van der Waals surface area contributed by atoms with E-state index in [1.54, 1.807) is 19.5 Å². The largest absolute Gasteiger partial charge is 0.489 e. The van der Waals surface area contributed by atoms with Gasteiger partial charge in [-0.05, 0) is 24.6 Å². The fourth-order valence-electron chi connectivity index (χ4n) is 2.52. The summed E-state index contributed by atoms with van der Waals surface area (Å²) in [5.74, 6) is 2.23. The molecule has 0 aliphatic rings. The first-order valence-electron chi connectivity index (χ1n) is 8.22. The molecule has 2 aromatic carbocycles. The van der Waals surface area contributed by atoms with Gasteiger partial charge in [-0.25, -0.2) is 4.98 Å². The Morgan fingerprint density at radius 1 is 1.08 bits per heavy atom. The maximum atomic E-state index is 5.96. The number of H-pyrrole nitrogens is 1. The predicted octanol–water partition coefficient (Wildman–Crippen LogP) is 4.07. The molecule has 25 heavy (non-hydrogen) atoms. The molecule has 0 unspecified atom stereocenters. The summed E-state index contributed by atoms with van der Waals surface area (Å²) in [4.78, 5) is 7.42. The van der Waals surface area contributed by atoms with Crippen molar-refractivity contribution < 1.29 is 14.2 Å². The molecule has 0 saturated heterocycles. The average Bonchev–Trinajstić information content (AvgIpc) is 3.16. The van der Waals surface area contributed by atoms with E-state index in [1.165, 1.54) is 0 Å². The summed E-state index contributed by atoms with van der Waals surface area (Å²) in [6.07, 6.45) is 3.46. The summed E-state index contributed by atoms with van der Waals surface area (Å²) in [6, 6.07) is 15.8. The minimum atomic E-state index is -0.0566. The number of benzene rings is 2. The first-order valence-corrected chi connectivity index (χ1v) is 8.22. The van der Waals surface area contributed by atoms with Crippen LogP contribution in [0.3, 0.4) is 0 Å². The minimum Gasteiger partial charge on any atom is -0.489 e. The number of methoxy groups -OCH3 is 1. The molecule has 3 rings (SSSR count). The smallest absolute Gasteiger partial charge is 0.137 e. The molecule has 1 aromatic heterocycles. The molecular formula is C20H22N2O3. The Balaban J connectivity index is 1.81. The van der Waals surface area contributed by atoms with Gasteiger partial charge in [-0.2, -0.15) is 0 Å². The molecule has 0 aliphatic heterocycles. The number of imidazole rings is 1. The summed E-state index contributed by atoms with van der Waals surface area (Å²) < 4.78 is 17.0. The summed E-state index contributed by atoms with van der Waals surface area (Å²) in [7, 11) is 1.66. The molecule has 5 nitrogen and oxygen atoms in total. The van der Waals surface area contributed by atoms with Crippen LogP contribution < -0.4 is 9.47 Å². The lowest BCUT2D eigenvalue weighted by Crippen LogP contribution is -2.18. The normalized spacial score (nSPS) is 11.9. The molecule has 0 aliphatic carbocycles. The van der Waals surface area contributed by atoms with Gasteiger partial charge in [0.15, 0.2) is 0 Å². The van der Waals surface area contributed by atoms with Crippen molar-refractivity contribution in [1.29, 1.82) is 0 Å². The molecule has 130 valence electrons. The van der Waals surface area contributed by atoms with Crippen LogP contribution in [0.5, 0.6) is 11.5 Å². The number of aromatic nitrogens is 2. The van der Waals surface area contributed by atoms with Crippen molar-refractivity contribution in [2.45, 2.75) is 19.6 Å². The Bertz CT molecular complexity index is 773. The van der Waals surface area contributed by atoms with E-state index >= 15 is 0 Å². The summed E-state index contributed by atoms with van der Waals surface area (Å²) in [5.41, 5.74) is 2.02. The minimum absolute atomic E-state index is 0.0566. The van der Waals surface area contributed by atoms with Crippen LogP contribution >= 0.6 is 0 Å². The van der Waals surface area contributed by atoms with Gasteiger partial charge in [0, 0.05) is 31.1 Å². The topological polar surface area (TPSA) is 56.4 Å². The number of nitrogens with one attached hydrogen (secondary N) is 1. The van der Waals surface area contributed by atoms with Gasteiger partial charge in [-0.1, -0.05) is 30.3 Å². The molecule has 0 fully saturated rings. The van der Waals surface area contributed by atoms with E-state index in [0.29, 0.717) is 13.2 Å². The maximum Gasteiger partial charge on any atom is 0.137 e. The quantitative estimate of drug-likeness (QED) is 0.673. The first kappa shape index (κ1) is 17.0. The zero-order valence-corrected chi connectivity index (χ0v) is 14.4. The molecule has 0 bridgehead atoms. The van der Waals surface area contributed by atoms with Gasteiger partial charge >= 0.3 is 0 Å². The van der Waals surface area contributed by atoms with E-state index in [2.05, 4.69) is 9.97 Å². The van der Waals surface area contributed by atoms with Crippen molar-refractivity contribution in [2.24, 2.45) is 0 Å². The van der Waals surface area contributed by atoms with E-state index in [9.17, 15) is 0 Å². The van der Waals surface area contributed by atoms with Crippen LogP contribution in [-0.4, -0.2) is 29.8 Å². The zero-order valence-electron chi connectivity index (χ0n) is 14.4. The van der Waals surface area contributed by atoms with E-state index in [4.69, 9.17) is 14.2 Å². The van der Waals surface area contributed by atoms with Gasteiger partial charge in [-0.15, -0.1) is 0 Å². The maximum absolute atomic E-state index is 5.96. The molecule has 0 saturated carbocycles. The van der Waals surface area contributed by atoms with Gasteiger partial charge in [0.1, 0.15) is 30.0 Å². The molecule has 0 spiro atoms. The molecule has 0 radical (unpaired) electrons. The van der Waals surface area contributed by atoms with Crippen LogP contribution in [0.4, 0.5) is 0 Å². The van der Waals surface area contributed by atoms with Crippen molar-refractivity contribution in [2.75, 3.05) is 13.7 Å². The highest BCUT2D eigenvalue weighted by Gasteiger charge is 2.10. The average molecular weight is 338 g/mol. The molecule has 3 aromatic rings. The van der Waals surface area contributed by atoms with E-state index in [1.807, 2.05) is 55.5 Å². The van der Waals surface area contributed by atoms with Gasteiger partial charge in [0.25, 0.3) is 0 Å². The van der Waals surface area contributed by atoms with Gasteiger partial charge < -0.3 is 19.2 Å². The lowest BCUT2D eigenvalue weighted by atomic mass is 10.2. The van der Waals surface area contributed by atoms with Gasteiger partial charge in [0.2, 0.25) is 0 Å². The molecule has 1 heterocycles. The van der Waals surface area contributed by atoms with Gasteiger partial charge in [-0.3, -0.25) is 0 Å². The van der Waals surface area contributed by atoms with Crippen LogP contribution in [0, 0.1) is 0 Å². The third-order valence-electron chi connectivity index (χ3n) is 3.64. The highest BCUT2D eigenvalue weighted by Crippen LogP contribution is 2.29. The Morgan fingerprint density at radius 2 is 1.88 bits per heavy atom. The van der Waals surface area contributed by atoms with Crippen molar-refractivity contribution in [3.05, 3.63) is 66.5 Å². The van der Waals surface area contributed by atoms with Crippen molar-refractivity contribution in [3.63, 3.8) is 0 Å². The highest BCUT2D eigenvalue weighted by atomic mass is 16.5. The SMILES string of the molecule is COC[C@H](C)Oc1cc(OCc2ccccc2)cc(-c2ncc[nH]2)c1. The molecule has 5 heteroatoms. The number of ether oxygens (including phenoxy) is 3. The second kappa shape index (κ2) is 8.35. The molecule has 1 N–H and O–H groups in total. The van der Waals surface area contributed by atoms with Crippen LogP contribution in [0.2, 0.25) is 0 Å². The Kier molecular flexibility index (Phi) is 5.69. The fourth-order valence-corrected chi connectivity index (χ4v) is 2.52. The standard InChI is InChI=1S/C20H22N2O3/c1-15(13-23-2)25-19-11-17(20-21-8-9-22-20)10-18(12-19)24-14-16-6-4-3-5-7-16/h3-12,15H,13-14H2,1-2H3,(H,21,22)/t15-/m0/s1. The Morgan fingerprint density at radius 3 is 2.60 bits per heavy atom. The number of aromatic amines is 1. The van der Waals surface area contributed by atoms with E-state index in [-0.39, 0.29) is 6.10 Å². The van der Waals surface area contributed by atoms with Crippen molar-refractivity contribution in [3.8, 4) is 22.9 Å². The second-order valence-corrected chi connectivity index (χ2v) is 5.79. The number of rotatable bonds is 8. The van der Waals surface area contributed by atoms with Crippen molar-refractivity contribution in [1.82, 2.24) is 9.97 Å². The van der Waals surface area contributed by atoms with Crippen LogP contribution in [0.25, 0.3) is 11.4 Å². The van der Waals surface area contributed by atoms with Crippen molar-refractivity contribution >= 4 is 0 Å². The third kappa shape index (κ3) is 4.84. The number of hydrogen-bond donors (Lipinski definition) is 1. The predicted molar refractivity (Wildman–Crippen MR) is 96.8 cm³/mol. The summed E-state index contributed by atoms with van der Waals surface area (Å²) >= 11 is 0. The van der Waals surface area contributed by atoms with Gasteiger partial charge in [0.05, 0.1) is 6.61 Å². The molecular weight excluding hydrogens is 316 g/mol. The zero-order chi connectivity index (χ0) is 17.5. The number of hydrogen-bond acceptors (Lipinski definition) is 4. The summed E-state index contributed by atoms with van der Waals surface area (Å²) in [6.45, 7) is 2.98. The number of nitrogens with zero attached hydrogens (tertiary/aromatic N) is 1. The molecule has 1 atom stereocenters. The van der Waals surface area contributed by atoms with Crippen LogP contribution in [0.15, 0.2) is 60.9 Å². The lowest BCUT2D eigenvalue weighted by Gasteiger charge is -2.16. The summed E-state index contributed by atoms with van der Waals surface area (Å²) in [5, 5.41) is 0. The lowest BCUT2D eigenvalue weighted by molar-refractivity contribution is 0.0919. The Hall–Kier alpha value is -2.79. The Labute approximate surface area is 147 Å².